The molecule has 1 rings (SSSR count). The van der Waals surface area contributed by atoms with Gasteiger partial charge >= 0.3 is 0 Å². The van der Waals surface area contributed by atoms with Crippen LogP contribution in [0.25, 0.3) is 0 Å². The first-order valence-electron chi connectivity index (χ1n) is 5.69. The second-order valence-electron chi connectivity index (χ2n) is 3.74. The van der Waals surface area contributed by atoms with E-state index < -0.39 is 18.9 Å². The highest BCUT2D eigenvalue weighted by Crippen LogP contribution is 1.99. The molecule has 0 fully saturated rings. The molecule has 0 aliphatic rings. The van der Waals surface area contributed by atoms with Crippen molar-refractivity contribution in [1.29, 1.82) is 0 Å². The van der Waals surface area contributed by atoms with Crippen LogP contribution in [-0.2, 0) is 4.79 Å². The van der Waals surface area contributed by atoms with E-state index in [0.717, 1.165) is 0 Å². The molecule has 0 bridgehead atoms. The fraction of sp³-hybridized carbons (Fsp3) is 0.455. The monoisotopic (exact) mass is 274 g/mol. The summed E-state index contributed by atoms with van der Waals surface area (Å²) >= 11 is 0. The van der Waals surface area contributed by atoms with Gasteiger partial charge in [0.2, 0.25) is 0 Å². The van der Waals surface area contributed by atoms with Crippen LogP contribution in [-0.4, -0.2) is 53.6 Å². The Morgan fingerprint density at radius 3 is 2.84 bits per heavy atom. The van der Waals surface area contributed by atoms with E-state index in [-0.39, 0.29) is 19.7 Å². The minimum Gasteiger partial charge on any atom is -0.395 e. The van der Waals surface area contributed by atoms with Gasteiger partial charge in [-0.3, -0.25) is 20.5 Å². The maximum Gasteiger partial charge on any atom is 0.252 e. The maximum absolute atomic E-state index is 12.2. The van der Waals surface area contributed by atoms with Crippen molar-refractivity contribution < 1.29 is 18.7 Å². The summed E-state index contributed by atoms with van der Waals surface area (Å²) in [4.78, 5) is 16.6. The molecule has 19 heavy (non-hydrogen) atoms. The molecule has 0 saturated heterocycles. The molecule has 0 unspecified atom stereocenters. The molecule has 3 N–H and O–H groups in total. The number of nitrogens with zero attached hydrogens (tertiary/aromatic N) is 2. The van der Waals surface area contributed by atoms with Crippen LogP contribution in [0.3, 0.4) is 0 Å². The van der Waals surface area contributed by atoms with Gasteiger partial charge in [-0.05, 0) is 12.1 Å². The summed E-state index contributed by atoms with van der Waals surface area (Å²) in [6, 6.07) is 5.10. The van der Waals surface area contributed by atoms with Gasteiger partial charge in [0.15, 0.2) is 0 Å². The number of aliphatic hydroxyl groups is 1. The molecule has 1 aromatic rings. The predicted molar refractivity (Wildman–Crippen MR) is 65.5 cm³/mol. The summed E-state index contributed by atoms with van der Waals surface area (Å²) in [5, 5.41) is 8.73. The van der Waals surface area contributed by atoms with E-state index in [1.54, 1.807) is 24.4 Å². The summed E-state index contributed by atoms with van der Waals surface area (Å²) in [6.45, 7) is -1.06. The van der Waals surface area contributed by atoms with Crippen molar-refractivity contribution in [2.45, 2.75) is 6.43 Å². The van der Waals surface area contributed by atoms with Crippen molar-refractivity contribution in [3.8, 4) is 0 Å². The van der Waals surface area contributed by atoms with Gasteiger partial charge in [0, 0.05) is 12.7 Å². The molecular weight excluding hydrogens is 258 g/mol. The van der Waals surface area contributed by atoms with Crippen molar-refractivity contribution in [1.82, 2.24) is 15.3 Å². The largest absolute Gasteiger partial charge is 0.395 e. The third kappa shape index (κ3) is 6.63. The molecule has 0 aliphatic heterocycles. The first kappa shape index (κ1) is 15.3. The second kappa shape index (κ2) is 8.33. The number of anilines is 1. The Kier molecular flexibility index (Phi) is 6.69. The topological polar surface area (TPSA) is 77.5 Å². The summed E-state index contributed by atoms with van der Waals surface area (Å²) in [5.41, 5.74) is 4.90. The quantitative estimate of drug-likeness (QED) is 0.585. The number of hydrazine groups is 1. The van der Waals surface area contributed by atoms with Gasteiger partial charge in [0.1, 0.15) is 5.82 Å². The average molecular weight is 274 g/mol. The molecule has 1 amide bonds. The molecule has 0 spiro atoms. The minimum atomic E-state index is -2.55. The Morgan fingerprint density at radius 2 is 2.26 bits per heavy atom. The van der Waals surface area contributed by atoms with Crippen molar-refractivity contribution in [2.24, 2.45) is 0 Å². The Bertz CT molecular complexity index is 378. The van der Waals surface area contributed by atoms with Crippen molar-refractivity contribution in [2.75, 3.05) is 31.7 Å². The van der Waals surface area contributed by atoms with E-state index >= 15 is 0 Å². The van der Waals surface area contributed by atoms with Gasteiger partial charge < -0.3 is 5.11 Å². The molecule has 6 nitrogen and oxygen atoms in total. The van der Waals surface area contributed by atoms with Gasteiger partial charge in [0.25, 0.3) is 12.3 Å². The van der Waals surface area contributed by atoms with Crippen LogP contribution in [0.2, 0.25) is 0 Å². The number of carbonyl (C=O) groups excluding carboxylic acids is 1. The Morgan fingerprint density at radius 1 is 1.47 bits per heavy atom. The molecule has 1 heterocycles. The minimum absolute atomic E-state index is 0.0152. The number of nitrogens with one attached hydrogen (secondary N) is 2. The number of aliphatic hydroxyl groups excluding tert-OH is 1. The van der Waals surface area contributed by atoms with Gasteiger partial charge in [-0.2, -0.15) is 0 Å². The second-order valence-corrected chi connectivity index (χ2v) is 3.74. The van der Waals surface area contributed by atoms with Crippen LogP contribution >= 0.6 is 0 Å². The lowest BCUT2D eigenvalue weighted by Gasteiger charge is -2.20. The molecule has 0 saturated carbocycles. The number of halogens is 2. The van der Waals surface area contributed by atoms with Gasteiger partial charge in [-0.25, -0.2) is 13.8 Å². The van der Waals surface area contributed by atoms with Crippen LogP contribution in [0.5, 0.6) is 0 Å². The highest BCUT2D eigenvalue weighted by atomic mass is 19.3. The average Bonchev–Trinajstić information content (AvgIpc) is 2.37. The van der Waals surface area contributed by atoms with E-state index in [4.69, 9.17) is 5.11 Å². The Balaban J connectivity index is 2.35. The number of aromatic nitrogens is 1. The lowest BCUT2D eigenvalue weighted by molar-refractivity contribution is -0.122. The predicted octanol–water partition coefficient (Wildman–Crippen LogP) is 0.0841. The van der Waals surface area contributed by atoms with Crippen LogP contribution in [0.15, 0.2) is 24.4 Å². The summed E-state index contributed by atoms with van der Waals surface area (Å²) in [7, 11) is 0. The first-order valence-corrected chi connectivity index (χ1v) is 5.69. The van der Waals surface area contributed by atoms with E-state index in [0.29, 0.717) is 5.82 Å². The Hall–Kier alpha value is -1.80. The van der Waals surface area contributed by atoms with E-state index in [1.807, 2.05) is 0 Å². The van der Waals surface area contributed by atoms with Crippen molar-refractivity contribution in [3.63, 3.8) is 0 Å². The first-order chi connectivity index (χ1) is 9.11. The molecule has 0 aromatic carbocycles. The van der Waals surface area contributed by atoms with E-state index in [2.05, 4.69) is 15.8 Å². The maximum atomic E-state index is 12.2. The zero-order valence-corrected chi connectivity index (χ0v) is 10.2. The third-order valence-electron chi connectivity index (χ3n) is 2.17. The van der Waals surface area contributed by atoms with Crippen LogP contribution < -0.4 is 10.9 Å². The normalized spacial score (nSPS) is 10.8. The molecule has 0 aliphatic carbocycles. The van der Waals surface area contributed by atoms with E-state index in [1.165, 1.54) is 4.90 Å². The molecule has 0 radical (unpaired) electrons. The molecule has 0 atom stereocenters. The standard InChI is InChI=1S/C11H16F2N4O2/c12-9(13)7-17(5-6-18)8-11(19)16-15-10-3-1-2-4-14-10/h1-4,9,18H,5-8H2,(H,14,15)(H,16,19). The van der Waals surface area contributed by atoms with Gasteiger partial charge in [-0.15, -0.1) is 0 Å². The fourth-order valence-electron chi connectivity index (χ4n) is 1.38. The van der Waals surface area contributed by atoms with Crippen molar-refractivity contribution >= 4 is 11.7 Å². The van der Waals surface area contributed by atoms with Crippen LogP contribution in [0, 0.1) is 0 Å². The molecule has 106 valence electrons. The zero-order valence-electron chi connectivity index (χ0n) is 10.2. The summed E-state index contributed by atoms with van der Waals surface area (Å²) in [5.74, 6) is -0.0434. The lowest BCUT2D eigenvalue weighted by Crippen LogP contribution is -2.42. The van der Waals surface area contributed by atoms with E-state index in [9.17, 15) is 13.6 Å². The smallest absolute Gasteiger partial charge is 0.252 e. The highest BCUT2D eigenvalue weighted by molar-refractivity contribution is 5.79. The Labute approximate surface area is 109 Å². The molecular formula is C11H16F2N4O2. The number of rotatable bonds is 8. The number of amides is 1. The lowest BCUT2D eigenvalue weighted by atomic mass is 10.4. The number of carbonyl (C=O) groups is 1. The molecule has 1 aromatic heterocycles. The van der Waals surface area contributed by atoms with Crippen LogP contribution in [0.4, 0.5) is 14.6 Å². The molecule has 8 heteroatoms. The number of hydrogen-bond donors (Lipinski definition) is 3. The number of hydrogen-bond acceptors (Lipinski definition) is 5. The van der Waals surface area contributed by atoms with Gasteiger partial charge in [-0.1, -0.05) is 6.07 Å². The highest BCUT2D eigenvalue weighted by Gasteiger charge is 2.14. The SMILES string of the molecule is O=C(CN(CCO)CC(F)F)NNc1ccccn1. The van der Waals surface area contributed by atoms with Crippen molar-refractivity contribution in [3.05, 3.63) is 24.4 Å². The van der Waals surface area contributed by atoms with Crippen LogP contribution in [0.1, 0.15) is 0 Å². The number of alkyl halides is 2. The summed E-state index contributed by atoms with van der Waals surface area (Å²) in [6.07, 6.45) is -1.01. The third-order valence-corrected chi connectivity index (χ3v) is 2.17. The van der Waals surface area contributed by atoms with Gasteiger partial charge in [0.05, 0.1) is 19.7 Å². The summed E-state index contributed by atoms with van der Waals surface area (Å²) < 4.78 is 24.5. The number of pyridine rings is 1. The fourth-order valence-corrected chi connectivity index (χ4v) is 1.38. The zero-order chi connectivity index (χ0) is 14.1.